The number of pyridine rings is 1. The van der Waals surface area contributed by atoms with Gasteiger partial charge in [0.25, 0.3) is 0 Å². The molecule has 1 aliphatic carbocycles. The van der Waals surface area contributed by atoms with Crippen molar-refractivity contribution in [2.24, 2.45) is 11.7 Å². The molecule has 3 rings (SSSR count). The molecule has 1 aromatic heterocycles. The number of carbonyl (C=O) groups excluding carboxylic acids is 1. The number of rotatable bonds is 3. The molecule has 0 bridgehead atoms. The van der Waals surface area contributed by atoms with Crippen LogP contribution in [-0.2, 0) is 4.79 Å². The van der Waals surface area contributed by atoms with Crippen LogP contribution < -0.4 is 10.6 Å². The van der Waals surface area contributed by atoms with Crippen molar-refractivity contribution in [3.8, 4) is 0 Å². The maximum absolute atomic E-state index is 11.8. The predicted octanol–water partition coefficient (Wildman–Crippen LogP) is 1.61. The number of hydrogen-bond donors (Lipinski definition) is 1. The molecule has 0 radical (unpaired) electrons. The predicted molar refractivity (Wildman–Crippen MR) is 76.7 cm³/mol. The molecule has 112 valence electrons. The molecular weight excluding hydrogens is 272 g/mol. The fraction of sp³-hybridized carbons (Fsp3) is 0.571. The van der Waals surface area contributed by atoms with Gasteiger partial charge in [0.2, 0.25) is 11.7 Å². The minimum atomic E-state index is -0.494. The molecule has 0 aromatic carbocycles. The first-order valence-corrected chi connectivity index (χ1v) is 7.26. The van der Waals surface area contributed by atoms with E-state index in [-0.39, 0.29) is 17.5 Å². The molecule has 0 spiro atoms. The van der Waals surface area contributed by atoms with Gasteiger partial charge in [-0.05, 0) is 31.2 Å². The van der Waals surface area contributed by atoms with E-state index in [4.69, 9.17) is 5.73 Å². The number of nitro groups is 1. The van der Waals surface area contributed by atoms with Crippen molar-refractivity contribution in [3.05, 3.63) is 28.4 Å². The molecular formula is C14H18N4O3. The van der Waals surface area contributed by atoms with Crippen molar-refractivity contribution in [2.45, 2.75) is 44.2 Å². The summed E-state index contributed by atoms with van der Waals surface area (Å²) in [6.45, 7) is 0. The van der Waals surface area contributed by atoms with Gasteiger partial charge in [-0.1, -0.05) is 12.8 Å². The third kappa shape index (κ3) is 2.32. The molecule has 1 amide bonds. The van der Waals surface area contributed by atoms with Gasteiger partial charge >= 0.3 is 5.69 Å². The topological polar surface area (TPSA) is 102 Å². The standard InChI is InChI=1S/C14H18N4O3/c15-13(19)12-8-9-4-1-2-5-10(9)17(12)14-11(18(20)21)6-3-7-16-14/h3,6-7,9-10,12H,1-2,4-5,8H2,(H2,15,19). The van der Waals surface area contributed by atoms with Gasteiger partial charge in [0, 0.05) is 18.3 Å². The zero-order chi connectivity index (χ0) is 15.0. The van der Waals surface area contributed by atoms with Gasteiger partial charge in [-0.3, -0.25) is 14.9 Å². The summed E-state index contributed by atoms with van der Waals surface area (Å²) in [5, 5.41) is 11.2. The number of aromatic nitrogens is 1. The fourth-order valence-electron chi connectivity index (χ4n) is 3.75. The Hall–Kier alpha value is -2.18. The number of primary amides is 1. The first kappa shape index (κ1) is 13.8. The lowest BCUT2D eigenvalue weighted by molar-refractivity contribution is -0.384. The molecule has 3 atom stereocenters. The smallest absolute Gasteiger partial charge is 0.311 e. The monoisotopic (exact) mass is 290 g/mol. The molecule has 1 aliphatic heterocycles. The number of fused-ring (bicyclic) bond motifs is 1. The minimum Gasteiger partial charge on any atom is -0.368 e. The zero-order valence-corrected chi connectivity index (χ0v) is 11.6. The number of carbonyl (C=O) groups is 1. The highest BCUT2D eigenvalue weighted by atomic mass is 16.6. The van der Waals surface area contributed by atoms with E-state index in [1.807, 2.05) is 4.90 Å². The van der Waals surface area contributed by atoms with E-state index in [2.05, 4.69) is 4.98 Å². The number of amides is 1. The number of nitrogens with zero attached hydrogens (tertiary/aromatic N) is 3. The average Bonchev–Trinajstić information content (AvgIpc) is 2.86. The van der Waals surface area contributed by atoms with Crippen molar-refractivity contribution in [1.82, 2.24) is 4.98 Å². The van der Waals surface area contributed by atoms with Gasteiger partial charge in [-0.15, -0.1) is 0 Å². The molecule has 21 heavy (non-hydrogen) atoms. The number of nitrogens with two attached hydrogens (primary N) is 1. The molecule has 3 unspecified atom stereocenters. The second-order valence-electron chi connectivity index (χ2n) is 5.78. The van der Waals surface area contributed by atoms with Gasteiger partial charge in [-0.2, -0.15) is 0 Å². The second kappa shape index (κ2) is 5.31. The third-order valence-electron chi connectivity index (χ3n) is 4.62. The van der Waals surface area contributed by atoms with Crippen molar-refractivity contribution in [1.29, 1.82) is 0 Å². The van der Waals surface area contributed by atoms with Crippen LogP contribution in [0.4, 0.5) is 11.5 Å². The first-order chi connectivity index (χ1) is 10.1. The van der Waals surface area contributed by atoms with E-state index in [1.165, 1.54) is 18.3 Å². The van der Waals surface area contributed by atoms with Crippen molar-refractivity contribution >= 4 is 17.4 Å². The molecule has 1 saturated heterocycles. The average molecular weight is 290 g/mol. The Bertz CT molecular complexity index is 577. The lowest BCUT2D eigenvalue weighted by Gasteiger charge is -2.33. The van der Waals surface area contributed by atoms with E-state index in [1.54, 1.807) is 0 Å². The maximum Gasteiger partial charge on any atom is 0.311 e. The normalized spacial score (nSPS) is 28.2. The first-order valence-electron chi connectivity index (χ1n) is 7.26. The van der Waals surface area contributed by atoms with Crippen LogP contribution in [0.25, 0.3) is 0 Å². The Morgan fingerprint density at radius 3 is 2.90 bits per heavy atom. The Kier molecular flexibility index (Phi) is 3.48. The summed E-state index contributed by atoms with van der Waals surface area (Å²) in [6, 6.07) is 2.60. The summed E-state index contributed by atoms with van der Waals surface area (Å²) >= 11 is 0. The number of anilines is 1. The highest BCUT2D eigenvalue weighted by molar-refractivity contribution is 5.85. The minimum absolute atomic E-state index is 0.0602. The highest BCUT2D eigenvalue weighted by Crippen LogP contribution is 2.43. The fourth-order valence-corrected chi connectivity index (χ4v) is 3.75. The summed E-state index contributed by atoms with van der Waals surface area (Å²) in [5.74, 6) is 0.225. The summed E-state index contributed by atoms with van der Waals surface area (Å²) in [7, 11) is 0. The van der Waals surface area contributed by atoms with Crippen LogP contribution in [0.3, 0.4) is 0 Å². The van der Waals surface area contributed by atoms with Gasteiger partial charge in [0.1, 0.15) is 6.04 Å². The van der Waals surface area contributed by atoms with Crippen LogP contribution in [0, 0.1) is 16.0 Å². The summed E-state index contributed by atoms with van der Waals surface area (Å²) < 4.78 is 0. The molecule has 2 fully saturated rings. The quantitative estimate of drug-likeness (QED) is 0.673. The van der Waals surface area contributed by atoms with Crippen molar-refractivity contribution in [3.63, 3.8) is 0 Å². The molecule has 1 saturated carbocycles. The molecule has 7 heteroatoms. The largest absolute Gasteiger partial charge is 0.368 e. The van der Waals surface area contributed by atoms with E-state index in [9.17, 15) is 14.9 Å². The lowest BCUT2D eigenvalue weighted by atomic mass is 9.84. The zero-order valence-electron chi connectivity index (χ0n) is 11.6. The summed E-state index contributed by atoms with van der Waals surface area (Å²) in [4.78, 5) is 28.6. The van der Waals surface area contributed by atoms with Crippen LogP contribution in [0.2, 0.25) is 0 Å². The van der Waals surface area contributed by atoms with Crippen LogP contribution in [0.5, 0.6) is 0 Å². The van der Waals surface area contributed by atoms with Crippen molar-refractivity contribution in [2.75, 3.05) is 4.90 Å². The van der Waals surface area contributed by atoms with E-state index >= 15 is 0 Å². The highest BCUT2D eigenvalue weighted by Gasteiger charge is 2.46. The van der Waals surface area contributed by atoms with Gasteiger partial charge in [0.05, 0.1) is 4.92 Å². The maximum atomic E-state index is 11.8. The Morgan fingerprint density at radius 2 is 2.19 bits per heavy atom. The van der Waals surface area contributed by atoms with Gasteiger partial charge in [0.15, 0.2) is 0 Å². The second-order valence-corrected chi connectivity index (χ2v) is 5.78. The Morgan fingerprint density at radius 1 is 1.43 bits per heavy atom. The van der Waals surface area contributed by atoms with E-state index < -0.39 is 16.9 Å². The third-order valence-corrected chi connectivity index (χ3v) is 4.62. The van der Waals surface area contributed by atoms with Crippen molar-refractivity contribution < 1.29 is 9.72 Å². The SMILES string of the molecule is NC(=O)C1CC2CCCCC2N1c1ncccc1[N+](=O)[O-]. The Labute approximate surface area is 122 Å². The molecule has 7 nitrogen and oxygen atoms in total. The summed E-state index contributed by atoms with van der Waals surface area (Å²) in [6.07, 6.45) is 6.40. The molecule has 2 N–H and O–H groups in total. The van der Waals surface area contributed by atoms with Crippen LogP contribution in [-0.4, -0.2) is 27.9 Å². The molecule has 2 heterocycles. The molecule has 1 aromatic rings. The van der Waals surface area contributed by atoms with Crippen LogP contribution >= 0.6 is 0 Å². The van der Waals surface area contributed by atoms with Crippen LogP contribution in [0.15, 0.2) is 18.3 Å². The Balaban J connectivity index is 2.04. The summed E-state index contributed by atoms with van der Waals surface area (Å²) in [5.41, 5.74) is 5.47. The van der Waals surface area contributed by atoms with Crippen LogP contribution in [0.1, 0.15) is 32.1 Å². The van der Waals surface area contributed by atoms with E-state index in [0.717, 1.165) is 25.7 Å². The van der Waals surface area contributed by atoms with Gasteiger partial charge < -0.3 is 10.6 Å². The van der Waals surface area contributed by atoms with Gasteiger partial charge in [-0.25, -0.2) is 4.98 Å². The van der Waals surface area contributed by atoms with E-state index in [0.29, 0.717) is 12.3 Å². The lowest BCUT2D eigenvalue weighted by Crippen LogP contribution is -2.45. The molecule has 2 aliphatic rings. The number of hydrogen-bond acceptors (Lipinski definition) is 5.